The zero-order valence-electron chi connectivity index (χ0n) is 8.90. The van der Waals surface area contributed by atoms with Gasteiger partial charge in [0.15, 0.2) is 0 Å². The first-order chi connectivity index (χ1) is 7.00. The number of carboxylic acid groups (broad SMARTS) is 1. The molecule has 0 aliphatic carbocycles. The fourth-order valence-corrected chi connectivity index (χ4v) is 1.22. The van der Waals surface area contributed by atoms with Crippen molar-refractivity contribution >= 4 is 12.0 Å². The normalized spacial score (nSPS) is 11.8. The average molecular weight is 205 g/mol. The molecule has 0 fully saturated rings. The van der Waals surface area contributed by atoms with Crippen molar-refractivity contribution < 1.29 is 9.90 Å². The van der Waals surface area contributed by atoms with Gasteiger partial charge in [0.25, 0.3) is 0 Å². The van der Waals surface area contributed by atoms with E-state index in [2.05, 4.69) is 13.8 Å². The van der Waals surface area contributed by atoms with Gasteiger partial charge in [0, 0.05) is 0 Å². The van der Waals surface area contributed by atoms with Gasteiger partial charge in [-0.05, 0) is 23.1 Å². The van der Waals surface area contributed by atoms with Crippen LogP contribution in [0.25, 0.3) is 6.08 Å². The molecular formula is C12H15NO2. The molecule has 0 heterocycles. The lowest BCUT2D eigenvalue weighted by atomic mass is 10.0. The molecule has 3 N–H and O–H groups in total. The lowest BCUT2D eigenvalue weighted by Gasteiger charge is -2.04. The highest BCUT2D eigenvalue weighted by Crippen LogP contribution is 2.15. The first-order valence-electron chi connectivity index (χ1n) is 4.81. The van der Waals surface area contributed by atoms with Crippen LogP contribution in [0.15, 0.2) is 30.0 Å². The van der Waals surface area contributed by atoms with Crippen LogP contribution >= 0.6 is 0 Å². The summed E-state index contributed by atoms with van der Waals surface area (Å²) in [5, 5.41) is 8.59. The van der Waals surface area contributed by atoms with Crippen molar-refractivity contribution in [1.29, 1.82) is 0 Å². The number of nitrogens with two attached hydrogens (primary N) is 1. The van der Waals surface area contributed by atoms with Crippen LogP contribution in [-0.4, -0.2) is 11.1 Å². The van der Waals surface area contributed by atoms with Crippen molar-refractivity contribution in [2.75, 3.05) is 0 Å². The van der Waals surface area contributed by atoms with Crippen LogP contribution in [0, 0.1) is 0 Å². The summed E-state index contributed by atoms with van der Waals surface area (Å²) in [7, 11) is 0. The van der Waals surface area contributed by atoms with Crippen LogP contribution in [0.2, 0.25) is 0 Å². The lowest BCUT2D eigenvalue weighted by molar-refractivity contribution is -0.132. The highest BCUT2D eigenvalue weighted by molar-refractivity contribution is 5.90. The molecule has 0 radical (unpaired) electrons. The first-order valence-corrected chi connectivity index (χ1v) is 4.81. The van der Waals surface area contributed by atoms with Crippen LogP contribution in [-0.2, 0) is 4.79 Å². The highest BCUT2D eigenvalue weighted by Gasteiger charge is 2.01. The molecule has 0 saturated carbocycles. The van der Waals surface area contributed by atoms with E-state index in [9.17, 15) is 4.79 Å². The Bertz CT molecular complexity index is 377. The van der Waals surface area contributed by atoms with Gasteiger partial charge in [0.1, 0.15) is 5.70 Å². The number of aliphatic carboxylic acids is 1. The second-order valence-corrected chi connectivity index (χ2v) is 3.73. The zero-order valence-corrected chi connectivity index (χ0v) is 8.90. The number of carbonyl (C=O) groups is 1. The quantitative estimate of drug-likeness (QED) is 0.743. The standard InChI is InChI=1S/C12H15NO2/c1-8(2)10-5-3-9(4-6-10)7-11(13)12(14)15/h3-8H,13H2,1-2H3,(H,14,15)/b11-7+. The summed E-state index contributed by atoms with van der Waals surface area (Å²) in [5.74, 6) is -0.622. The van der Waals surface area contributed by atoms with Crippen LogP contribution in [0.3, 0.4) is 0 Å². The Balaban J connectivity index is 2.90. The number of hydrogen-bond acceptors (Lipinski definition) is 2. The molecule has 0 aromatic heterocycles. The molecule has 3 heteroatoms. The molecular weight excluding hydrogens is 190 g/mol. The average Bonchev–Trinajstić information content (AvgIpc) is 2.18. The van der Waals surface area contributed by atoms with E-state index >= 15 is 0 Å². The zero-order chi connectivity index (χ0) is 11.4. The SMILES string of the molecule is CC(C)c1ccc(/C=C(/N)C(=O)O)cc1. The Morgan fingerprint density at radius 1 is 1.33 bits per heavy atom. The Kier molecular flexibility index (Phi) is 3.50. The molecule has 0 aliphatic rings. The van der Waals surface area contributed by atoms with Gasteiger partial charge >= 0.3 is 5.97 Å². The summed E-state index contributed by atoms with van der Waals surface area (Å²) in [6, 6.07) is 7.69. The molecule has 0 amide bonds. The van der Waals surface area contributed by atoms with Crippen molar-refractivity contribution in [1.82, 2.24) is 0 Å². The van der Waals surface area contributed by atoms with E-state index in [1.54, 1.807) is 0 Å². The first kappa shape index (κ1) is 11.3. The maximum atomic E-state index is 10.5. The van der Waals surface area contributed by atoms with Crippen LogP contribution in [0.4, 0.5) is 0 Å². The van der Waals surface area contributed by atoms with Crippen LogP contribution < -0.4 is 5.73 Å². The minimum atomic E-state index is -1.09. The van der Waals surface area contributed by atoms with Gasteiger partial charge in [0.05, 0.1) is 0 Å². The molecule has 80 valence electrons. The highest BCUT2D eigenvalue weighted by atomic mass is 16.4. The molecule has 1 aromatic carbocycles. The van der Waals surface area contributed by atoms with E-state index in [0.29, 0.717) is 5.92 Å². The van der Waals surface area contributed by atoms with E-state index in [0.717, 1.165) is 5.56 Å². The predicted molar refractivity (Wildman–Crippen MR) is 60.3 cm³/mol. The molecule has 0 atom stereocenters. The minimum absolute atomic E-state index is 0.146. The summed E-state index contributed by atoms with van der Waals surface area (Å²) < 4.78 is 0. The smallest absolute Gasteiger partial charge is 0.351 e. The van der Waals surface area contributed by atoms with Crippen molar-refractivity contribution in [3.8, 4) is 0 Å². The van der Waals surface area contributed by atoms with E-state index in [1.165, 1.54) is 11.6 Å². The van der Waals surface area contributed by atoms with Gasteiger partial charge in [-0.3, -0.25) is 0 Å². The number of hydrogen-bond donors (Lipinski definition) is 2. The van der Waals surface area contributed by atoms with E-state index < -0.39 is 5.97 Å². The molecule has 1 rings (SSSR count). The van der Waals surface area contributed by atoms with Gasteiger partial charge < -0.3 is 10.8 Å². The van der Waals surface area contributed by atoms with E-state index in [1.807, 2.05) is 24.3 Å². The molecule has 0 unspecified atom stereocenters. The Hall–Kier alpha value is -1.77. The van der Waals surface area contributed by atoms with Crippen LogP contribution in [0.5, 0.6) is 0 Å². The summed E-state index contributed by atoms with van der Waals surface area (Å²) in [6.07, 6.45) is 1.45. The van der Waals surface area contributed by atoms with Crippen LogP contribution in [0.1, 0.15) is 30.9 Å². The van der Waals surface area contributed by atoms with Crippen molar-refractivity contribution in [3.05, 3.63) is 41.1 Å². The Morgan fingerprint density at radius 2 is 1.87 bits per heavy atom. The molecule has 0 saturated heterocycles. The minimum Gasteiger partial charge on any atom is -0.477 e. The lowest BCUT2D eigenvalue weighted by Crippen LogP contribution is -2.09. The number of rotatable bonds is 3. The summed E-state index contributed by atoms with van der Waals surface area (Å²) in [5.41, 5.74) is 7.19. The summed E-state index contributed by atoms with van der Waals surface area (Å²) in [6.45, 7) is 4.22. The monoisotopic (exact) mass is 205 g/mol. The number of carboxylic acids is 1. The maximum Gasteiger partial charge on any atom is 0.351 e. The number of benzene rings is 1. The molecule has 3 nitrogen and oxygen atoms in total. The second-order valence-electron chi connectivity index (χ2n) is 3.73. The fourth-order valence-electron chi connectivity index (χ4n) is 1.22. The third-order valence-electron chi connectivity index (χ3n) is 2.17. The second kappa shape index (κ2) is 4.64. The van der Waals surface area contributed by atoms with Gasteiger partial charge in [0.2, 0.25) is 0 Å². The Morgan fingerprint density at radius 3 is 2.27 bits per heavy atom. The molecule has 0 spiro atoms. The Labute approximate surface area is 89.2 Å². The summed E-state index contributed by atoms with van der Waals surface area (Å²) >= 11 is 0. The van der Waals surface area contributed by atoms with Crippen molar-refractivity contribution in [2.24, 2.45) is 5.73 Å². The maximum absolute atomic E-state index is 10.5. The molecule has 15 heavy (non-hydrogen) atoms. The van der Waals surface area contributed by atoms with Crippen molar-refractivity contribution in [2.45, 2.75) is 19.8 Å². The van der Waals surface area contributed by atoms with E-state index in [-0.39, 0.29) is 5.70 Å². The largest absolute Gasteiger partial charge is 0.477 e. The molecule has 0 aliphatic heterocycles. The van der Waals surface area contributed by atoms with Crippen molar-refractivity contribution in [3.63, 3.8) is 0 Å². The fraction of sp³-hybridized carbons (Fsp3) is 0.250. The molecule has 1 aromatic rings. The molecule has 0 bridgehead atoms. The van der Waals surface area contributed by atoms with Gasteiger partial charge in [-0.15, -0.1) is 0 Å². The van der Waals surface area contributed by atoms with Gasteiger partial charge in [-0.1, -0.05) is 38.1 Å². The summed E-state index contributed by atoms with van der Waals surface area (Å²) in [4.78, 5) is 10.5. The third-order valence-corrected chi connectivity index (χ3v) is 2.17. The van der Waals surface area contributed by atoms with Gasteiger partial charge in [-0.25, -0.2) is 4.79 Å². The predicted octanol–water partition coefficient (Wildman–Crippen LogP) is 2.19. The third kappa shape index (κ3) is 3.13. The van der Waals surface area contributed by atoms with E-state index in [4.69, 9.17) is 10.8 Å². The topological polar surface area (TPSA) is 63.3 Å². The van der Waals surface area contributed by atoms with Gasteiger partial charge in [-0.2, -0.15) is 0 Å².